The SMILES string of the molecule is N#Cc1ccc2c(c1)C1(CCCCC1)c1cccc(-c3ccc(-c4ccc(-c5nc(-c6ccccc6)nc(-c6ccc(-c7cccnc7)cc6)n5)cc4)cc3)c1-2. The molecule has 0 unspecified atom stereocenters. The van der Waals surface area contributed by atoms with E-state index in [-0.39, 0.29) is 5.41 Å². The highest BCUT2D eigenvalue weighted by Crippen LogP contribution is 2.58. The first-order chi connectivity index (χ1) is 27.7. The summed E-state index contributed by atoms with van der Waals surface area (Å²) in [5.74, 6) is 1.89. The molecule has 0 N–H and O–H groups in total. The second-order valence-electron chi connectivity index (χ2n) is 14.9. The molecule has 0 amide bonds. The van der Waals surface area contributed by atoms with E-state index < -0.39 is 0 Å². The molecule has 6 aromatic carbocycles. The van der Waals surface area contributed by atoms with E-state index in [9.17, 15) is 5.26 Å². The van der Waals surface area contributed by atoms with Crippen molar-refractivity contribution in [1.82, 2.24) is 19.9 Å². The van der Waals surface area contributed by atoms with E-state index in [1.165, 1.54) is 52.6 Å². The molecule has 8 aromatic rings. The molecule has 2 aliphatic carbocycles. The van der Waals surface area contributed by atoms with E-state index in [4.69, 9.17) is 15.0 Å². The topological polar surface area (TPSA) is 75.3 Å². The Hall–Kier alpha value is -7.03. The fourth-order valence-corrected chi connectivity index (χ4v) is 8.90. The molecule has 0 radical (unpaired) electrons. The highest BCUT2D eigenvalue weighted by molar-refractivity contribution is 5.93. The van der Waals surface area contributed by atoms with Gasteiger partial charge in [-0.15, -0.1) is 0 Å². The summed E-state index contributed by atoms with van der Waals surface area (Å²) in [7, 11) is 0. The van der Waals surface area contributed by atoms with Crippen LogP contribution in [0, 0.1) is 11.3 Å². The zero-order valence-corrected chi connectivity index (χ0v) is 30.9. The average molecular weight is 720 g/mol. The number of benzene rings is 6. The van der Waals surface area contributed by atoms with Gasteiger partial charge < -0.3 is 0 Å². The molecule has 2 aliphatic rings. The summed E-state index contributed by atoms with van der Waals surface area (Å²) in [6.07, 6.45) is 9.65. The van der Waals surface area contributed by atoms with Gasteiger partial charge in [0.1, 0.15) is 0 Å². The lowest BCUT2D eigenvalue weighted by atomic mass is 9.67. The van der Waals surface area contributed by atoms with E-state index in [2.05, 4.69) is 120 Å². The molecule has 5 nitrogen and oxygen atoms in total. The quantitative estimate of drug-likeness (QED) is 0.171. The van der Waals surface area contributed by atoms with E-state index in [1.54, 1.807) is 6.20 Å². The summed E-state index contributed by atoms with van der Waals surface area (Å²) in [4.78, 5) is 19.1. The number of hydrogen-bond acceptors (Lipinski definition) is 5. The Morgan fingerprint density at radius 2 is 1.00 bits per heavy atom. The van der Waals surface area contributed by atoms with Crippen LogP contribution >= 0.6 is 0 Å². The second kappa shape index (κ2) is 14.0. The maximum atomic E-state index is 9.78. The number of hydrogen-bond donors (Lipinski definition) is 0. The lowest BCUT2D eigenvalue weighted by molar-refractivity contribution is 0.353. The monoisotopic (exact) mass is 719 g/mol. The summed E-state index contributed by atoms with van der Waals surface area (Å²) in [5, 5.41) is 9.78. The number of aromatic nitrogens is 4. The first kappa shape index (κ1) is 33.5. The van der Waals surface area contributed by atoms with Crippen LogP contribution in [-0.4, -0.2) is 19.9 Å². The van der Waals surface area contributed by atoms with Crippen LogP contribution in [0.4, 0.5) is 0 Å². The van der Waals surface area contributed by atoms with Gasteiger partial charge in [0.05, 0.1) is 11.6 Å². The minimum Gasteiger partial charge on any atom is -0.264 e. The maximum Gasteiger partial charge on any atom is 0.164 e. The van der Waals surface area contributed by atoms with Gasteiger partial charge in [-0.2, -0.15) is 5.26 Å². The predicted molar refractivity (Wildman–Crippen MR) is 224 cm³/mol. The van der Waals surface area contributed by atoms with Crippen molar-refractivity contribution in [2.45, 2.75) is 37.5 Å². The molecule has 1 fully saturated rings. The molecule has 56 heavy (non-hydrogen) atoms. The van der Waals surface area contributed by atoms with Crippen LogP contribution in [0.25, 0.3) is 78.7 Å². The highest BCUT2D eigenvalue weighted by atomic mass is 15.0. The molecule has 266 valence electrons. The number of pyridine rings is 1. The van der Waals surface area contributed by atoms with Gasteiger partial charge in [0.2, 0.25) is 0 Å². The van der Waals surface area contributed by atoms with E-state index in [0.717, 1.165) is 57.3 Å². The second-order valence-corrected chi connectivity index (χ2v) is 14.9. The Balaban J connectivity index is 0.968. The fraction of sp³-hybridized carbons (Fsp3) is 0.118. The largest absolute Gasteiger partial charge is 0.264 e. The third kappa shape index (κ3) is 5.88. The zero-order valence-electron chi connectivity index (χ0n) is 30.9. The Labute approximate surface area is 327 Å². The van der Waals surface area contributed by atoms with Crippen LogP contribution < -0.4 is 0 Å². The fourth-order valence-electron chi connectivity index (χ4n) is 8.90. The van der Waals surface area contributed by atoms with Gasteiger partial charge in [-0.25, -0.2) is 15.0 Å². The molecule has 2 heterocycles. The van der Waals surface area contributed by atoms with Crippen LogP contribution in [0.15, 0.2) is 164 Å². The van der Waals surface area contributed by atoms with Crippen LogP contribution in [0.1, 0.15) is 48.8 Å². The molecule has 5 heteroatoms. The van der Waals surface area contributed by atoms with Crippen molar-refractivity contribution in [3.8, 4) is 84.7 Å². The van der Waals surface area contributed by atoms with E-state index in [0.29, 0.717) is 17.5 Å². The van der Waals surface area contributed by atoms with Gasteiger partial charge in [-0.1, -0.05) is 153 Å². The highest BCUT2D eigenvalue weighted by Gasteiger charge is 2.44. The van der Waals surface area contributed by atoms with Crippen molar-refractivity contribution in [1.29, 1.82) is 5.26 Å². The average Bonchev–Trinajstić information content (AvgIpc) is 3.55. The molecule has 1 spiro atoms. The summed E-state index contributed by atoms with van der Waals surface area (Å²) >= 11 is 0. The Kier molecular flexibility index (Phi) is 8.38. The van der Waals surface area contributed by atoms with Gasteiger partial charge in [0, 0.05) is 34.5 Å². The Morgan fingerprint density at radius 1 is 0.446 bits per heavy atom. The van der Waals surface area contributed by atoms with Gasteiger partial charge in [-0.3, -0.25) is 4.98 Å². The summed E-state index contributed by atoms with van der Waals surface area (Å²) in [5.41, 5.74) is 15.8. The van der Waals surface area contributed by atoms with Gasteiger partial charge in [-0.05, 0) is 86.7 Å². The standard InChI is InChI=1S/C51H37N5/c52-32-34-14-27-44-46(31-34)51(28-5-2-6-29-51)45-13-7-12-43(47(44)45)38-21-15-35(16-22-38)36-17-23-40(24-18-36)49-54-48(39-9-3-1-4-10-39)55-50(56-49)41-25-19-37(20-26-41)42-11-8-30-53-33-42/h1,3-4,7-27,30-31,33H,2,5-6,28-29H2. The van der Waals surface area contributed by atoms with Crippen molar-refractivity contribution in [2.75, 3.05) is 0 Å². The van der Waals surface area contributed by atoms with E-state index in [1.807, 2.05) is 48.7 Å². The molecule has 0 saturated heterocycles. The lowest BCUT2D eigenvalue weighted by Gasteiger charge is -2.36. The third-order valence-corrected chi connectivity index (χ3v) is 11.7. The normalized spacial score (nSPS) is 13.8. The number of nitriles is 1. The summed E-state index contributed by atoms with van der Waals surface area (Å²) in [6, 6.07) is 55.3. The Morgan fingerprint density at radius 3 is 1.59 bits per heavy atom. The Bertz CT molecular complexity index is 2740. The number of rotatable bonds is 6. The van der Waals surface area contributed by atoms with Crippen LogP contribution in [0.5, 0.6) is 0 Å². The molecular formula is C51H37N5. The van der Waals surface area contributed by atoms with Crippen molar-refractivity contribution in [2.24, 2.45) is 0 Å². The van der Waals surface area contributed by atoms with Crippen molar-refractivity contribution in [3.05, 3.63) is 181 Å². The lowest BCUT2D eigenvalue weighted by Crippen LogP contribution is -2.28. The first-order valence-corrected chi connectivity index (χ1v) is 19.4. The molecule has 0 atom stereocenters. The van der Waals surface area contributed by atoms with Crippen LogP contribution in [-0.2, 0) is 5.41 Å². The molecule has 10 rings (SSSR count). The van der Waals surface area contributed by atoms with Gasteiger partial charge in [0.25, 0.3) is 0 Å². The predicted octanol–water partition coefficient (Wildman–Crippen LogP) is 12.4. The van der Waals surface area contributed by atoms with Gasteiger partial charge in [0.15, 0.2) is 17.5 Å². The first-order valence-electron chi connectivity index (χ1n) is 19.4. The summed E-state index contributed by atoms with van der Waals surface area (Å²) in [6.45, 7) is 0. The van der Waals surface area contributed by atoms with Crippen LogP contribution in [0.3, 0.4) is 0 Å². The third-order valence-electron chi connectivity index (χ3n) is 11.7. The zero-order chi connectivity index (χ0) is 37.5. The number of fused-ring (bicyclic) bond motifs is 5. The van der Waals surface area contributed by atoms with E-state index >= 15 is 0 Å². The molecule has 1 saturated carbocycles. The summed E-state index contributed by atoms with van der Waals surface area (Å²) < 4.78 is 0. The van der Waals surface area contributed by atoms with Crippen LogP contribution in [0.2, 0.25) is 0 Å². The smallest absolute Gasteiger partial charge is 0.164 e. The minimum atomic E-state index is -0.000456. The molecule has 0 aliphatic heterocycles. The molecular weight excluding hydrogens is 683 g/mol. The van der Waals surface area contributed by atoms with Gasteiger partial charge >= 0.3 is 0 Å². The van der Waals surface area contributed by atoms with Crippen molar-refractivity contribution >= 4 is 0 Å². The number of nitrogens with zero attached hydrogens (tertiary/aromatic N) is 5. The molecule has 2 aromatic heterocycles. The molecule has 0 bridgehead atoms. The maximum absolute atomic E-state index is 9.78. The van der Waals surface area contributed by atoms with Crippen molar-refractivity contribution < 1.29 is 0 Å². The minimum absolute atomic E-state index is 0.000456. The van der Waals surface area contributed by atoms with Crippen molar-refractivity contribution in [3.63, 3.8) is 0 Å².